The molecular weight excluding hydrogens is 368 g/mol. The Bertz CT molecular complexity index is 901. The summed E-state index contributed by atoms with van der Waals surface area (Å²) in [6.45, 7) is 1.81. The highest BCUT2D eigenvalue weighted by Gasteiger charge is 2.24. The van der Waals surface area contributed by atoms with Gasteiger partial charge in [0.2, 0.25) is 11.9 Å². The van der Waals surface area contributed by atoms with E-state index in [0.29, 0.717) is 42.8 Å². The van der Waals surface area contributed by atoms with E-state index in [0.717, 1.165) is 24.4 Å². The lowest BCUT2D eigenvalue weighted by atomic mass is 10.1. The lowest BCUT2D eigenvalue weighted by Gasteiger charge is -2.34. The molecule has 0 radical (unpaired) electrons. The van der Waals surface area contributed by atoms with Crippen LogP contribution >= 0.6 is 11.6 Å². The molecule has 0 unspecified atom stereocenters. The Morgan fingerprint density at radius 2 is 2.04 bits per heavy atom. The molecule has 2 aromatic heterocycles. The SMILES string of the molecule is Cn1c(-c2nc(N3CCN(C(=O)CO)CC3)ncc2Cl)nc2c1CCC=C2. The van der Waals surface area contributed by atoms with Crippen LogP contribution in [0, 0.1) is 0 Å². The minimum absolute atomic E-state index is 0.251. The van der Waals surface area contributed by atoms with Gasteiger partial charge in [-0.25, -0.2) is 15.0 Å². The monoisotopic (exact) mass is 388 g/mol. The molecule has 3 heterocycles. The summed E-state index contributed by atoms with van der Waals surface area (Å²) in [6.07, 6.45) is 7.72. The predicted octanol–water partition coefficient (Wildman–Crippen LogP) is 1.13. The molecule has 4 rings (SSSR count). The van der Waals surface area contributed by atoms with E-state index in [1.54, 1.807) is 11.1 Å². The van der Waals surface area contributed by atoms with Crippen LogP contribution in [-0.2, 0) is 18.3 Å². The second kappa shape index (κ2) is 7.28. The van der Waals surface area contributed by atoms with Gasteiger partial charge in [-0.2, -0.15) is 0 Å². The van der Waals surface area contributed by atoms with Crippen LogP contribution in [-0.4, -0.2) is 68.2 Å². The van der Waals surface area contributed by atoms with Crippen LogP contribution in [0.3, 0.4) is 0 Å². The number of halogens is 1. The summed E-state index contributed by atoms with van der Waals surface area (Å²) < 4.78 is 2.05. The molecule has 1 N–H and O–H groups in total. The number of aliphatic hydroxyl groups excluding tert-OH is 1. The van der Waals surface area contributed by atoms with Crippen molar-refractivity contribution in [2.75, 3.05) is 37.7 Å². The number of allylic oxidation sites excluding steroid dienone is 1. The summed E-state index contributed by atoms with van der Waals surface area (Å²) in [7, 11) is 1.98. The summed E-state index contributed by atoms with van der Waals surface area (Å²) in [5.74, 6) is 1.05. The van der Waals surface area contributed by atoms with Crippen molar-refractivity contribution in [1.29, 1.82) is 0 Å². The minimum atomic E-state index is -0.458. The Labute approximate surface area is 162 Å². The molecule has 1 amide bonds. The van der Waals surface area contributed by atoms with E-state index in [1.165, 1.54) is 5.69 Å². The fraction of sp³-hybridized carbons (Fsp3) is 0.444. The highest BCUT2D eigenvalue weighted by molar-refractivity contribution is 6.32. The minimum Gasteiger partial charge on any atom is -0.387 e. The number of aliphatic hydroxyl groups is 1. The third-order valence-corrected chi connectivity index (χ3v) is 5.34. The molecule has 0 bridgehead atoms. The predicted molar refractivity (Wildman–Crippen MR) is 102 cm³/mol. The highest BCUT2D eigenvalue weighted by Crippen LogP contribution is 2.30. The second-order valence-electron chi connectivity index (χ2n) is 6.66. The summed E-state index contributed by atoms with van der Waals surface area (Å²) in [4.78, 5) is 29.1. The van der Waals surface area contributed by atoms with E-state index in [-0.39, 0.29) is 5.91 Å². The Hall–Kier alpha value is -2.45. The van der Waals surface area contributed by atoms with Crippen molar-refractivity contribution in [3.63, 3.8) is 0 Å². The number of carbonyl (C=O) groups is 1. The average molecular weight is 389 g/mol. The Morgan fingerprint density at radius 3 is 2.74 bits per heavy atom. The molecule has 1 aliphatic heterocycles. The molecule has 1 aliphatic carbocycles. The van der Waals surface area contributed by atoms with Crippen molar-refractivity contribution < 1.29 is 9.90 Å². The number of hydrogen-bond acceptors (Lipinski definition) is 6. The van der Waals surface area contributed by atoms with Crippen LogP contribution in [0.15, 0.2) is 12.3 Å². The summed E-state index contributed by atoms with van der Waals surface area (Å²) in [5.41, 5.74) is 2.76. The maximum absolute atomic E-state index is 11.6. The second-order valence-corrected chi connectivity index (χ2v) is 7.07. The van der Waals surface area contributed by atoms with Crippen molar-refractivity contribution in [3.05, 3.63) is 28.7 Å². The topological polar surface area (TPSA) is 87.4 Å². The average Bonchev–Trinajstić information content (AvgIpc) is 3.04. The number of amides is 1. The highest BCUT2D eigenvalue weighted by atomic mass is 35.5. The van der Waals surface area contributed by atoms with E-state index >= 15 is 0 Å². The largest absolute Gasteiger partial charge is 0.387 e. The molecule has 2 aromatic rings. The lowest BCUT2D eigenvalue weighted by molar-refractivity contribution is -0.134. The van der Waals surface area contributed by atoms with Gasteiger partial charge < -0.3 is 19.5 Å². The summed E-state index contributed by atoms with van der Waals surface area (Å²) >= 11 is 6.39. The van der Waals surface area contributed by atoms with Crippen molar-refractivity contribution in [2.45, 2.75) is 12.8 Å². The van der Waals surface area contributed by atoms with Gasteiger partial charge in [0.1, 0.15) is 12.3 Å². The third-order valence-electron chi connectivity index (χ3n) is 5.06. The van der Waals surface area contributed by atoms with Gasteiger partial charge in [0, 0.05) is 38.9 Å². The molecule has 0 spiro atoms. The molecule has 1 saturated heterocycles. The van der Waals surface area contributed by atoms with Crippen LogP contribution in [0.5, 0.6) is 0 Å². The van der Waals surface area contributed by atoms with Crippen molar-refractivity contribution >= 4 is 29.5 Å². The molecule has 8 nitrogen and oxygen atoms in total. The zero-order valence-electron chi connectivity index (χ0n) is 15.1. The van der Waals surface area contributed by atoms with E-state index in [2.05, 4.69) is 20.6 Å². The number of hydrogen-bond donors (Lipinski definition) is 1. The van der Waals surface area contributed by atoms with E-state index in [9.17, 15) is 4.79 Å². The Morgan fingerprint density at radius 1 is 1.26 bits per heavy atom. The van der Waals surface area contributed by atoms with E-state index in [1.807, 2.05) is 18.0 Å². The van der Waals surface area contributed by atoms with Crippen LogP contribution in [0.1, 0.15) is 17.8 Å². The summed E-state index contributed by atoms with van der Waals surface area (Å²) in [6, 6.07) is 0. The Kier molecular flexibility index (Phi) is 4.84. The normalized spacial score (nSPS) is 16.6. The first-order chi connectivity index (χ1) is 13.1. The van der Waals surface area contributed by atoms with Crippen LogP contribution in [0.25, 0.3) is 17.6 Å². The fourth-order valence-electron chi connectivity index (χ4n) is 3.53. The standard InChI is InChI=1S/C18H21ClN6O2/c1-23-14-5-3-2-4-13(14)21-17(23)16-12(19)10-20-18(22-16)25-8-6-24(7-9-25)15(27)11-26/h2,4,10,26H,3,5-9,11H2,1H3. The van der Waals surface area contributed by atoms with Crippen molar-refractivity contribution in [2.24, 2.45) is 7.05 Å². The molecule has 0 aromatic carbocycles. The van der Waals surface area contributed by atoms with Crippen molar-refractivity contribution in [1.82, 2.24) is 24.4 Å². The van der Waals surface area contributed by atoms with Crippen LogP contribution in [0.2, 0.25) is 5.02 Å². The molecule has 1 fully saturated rings. The van der Waals surface area contributed by atoms with E-state index < -0.39 is 6.61 Å². The molecular formula is C18H21ClN6O2. The van der Waals surface area contributed by atoms with Gasteiger partial charge in [-0.05, 0) is 18.9 Å². The van der Waals surface area contributed by atoms with Crippen LogP contribution in [0.4, 0.5) is 5.95 Å². The molecule has 0 atom stereocenters. The zero-order valence-corrected chi connectivity index (χ0v) is 15.9. The first kappa shape index (κ1) is 17.9. The number of carbonyl (C=O) groups excluding carboxylic acids is 1. The molecule has 142 valence electrons. The number of anilines is 1. The lowest BCUT2D eigenvalue weighted by Crippen LogP contribution is -2.50. The third kappa shape index (κ3) is 3.30. The van der Waals surface area contributed by atoms with Gasteiger partial charge in [-0.15, -0.1) is 0 Å². The molecule has 0 saturated carbocycles. The van der Waals surface area contributed by atoms with Gasteiger partial charge >= 0.3 is 0 Å². The zero-order chi connectivity index (χ0) is 19.0. The first-order valence-electron chi connectivity index (χ1n) is 8.97. The fourth-order valence-corrected chi connectivity index (χ4v) is 3.71. The molecule has 2 aliphatic rings. The maximum Gasteiger partial charge on any atom is 0.248 e. The summed E-state index contributed by atoms with van der Waals surface area (Å²) in [5, 5.41) is 9.46. The van der Waals surface area contributed by atoms with Gasteiger partial charge in [-0.1, -0.05) is 17.7 Å². The quantitative estimate of drug-likeness (QED) is 0.848. The van der Waals surface area contributed by atoms with Gasteiger partial charge in [0.15, 0.2) is 5.82 Å². The number of fused-ring (bicyclic) bond motifs is 1. The maximum atomic E-state index is 11.6. The van der Waals surface area contributed by atoms with E-state index in [4.69, 9.17) is 21.7 Å². The molecule has 9 heteroatoms. The number of aromatic nitrogens is 4. The van der Waals surface area contributed by atoms with Gasteiger partial charge in [0.25, 0.3) is 0 Å². The van der Waals surface area contributed by atoms with Gasteiger partial charge in [-0.3, -0.25) is 4.79 Å². The van der Waals surface area contributed by atoms with Gasteiger partial charge in [0.05, 0.1) is 16.9 Å². The number of rotatable bonds is 3. The first-order valence-corrected chi connectivity index (χ1v) is 9.35. The Balaban J connectivity index is 1.61. The number of nitrogens with zero attached hydrogens (tertiary/aromatic N) is 6. The number of imidazole rings is 1. The number of piperazine rings is 1. The van der Waals surface area contributed by atoms with Crippen molar-refractivity contribution in [3.8, 4) is 11.5 Å². The van der Waals surface area contributed by atoms with Crippen LogP contribution < -0.4 is 4.90 Å². The molecule has 27 heavy (non-hydrogen) atoms. The smallest absolute Gasteiger partial charge is 0.248 e.